The van der Waals surface area contributed by atoms with Crippen molar-refractivity contribution in [3.05, 3.63) is 63.4 Å². The molecule has 3 rings (SSSR count). The highest BCUT2D eigenvalue weighted by molar-refractivity contribution is 6.33. The van der Waals surface area contributed by atoms with Crippen molar-refractivity contribution in [3.63, 3.8) is 0 Å². The van der Waals surface area contributed by atoms with E-state index in [-0.39, 0.29) is 18.0 Å². The van der Waals surface area contributed by atoms with Crippen LogP contribution >= 0.6 is 23.2 Å². The van der Waals surface area contributed by atoms with Gasteiger partial charge in [-0.3, -0.25) is 0 Å². The number of nitrogens with two attached hydrogens (primary N) is 1. The maximum Gasteiger partial charge on any atom is 0.127 e. The van der Waals surface area contributed by atoms with Gasteiger partial charge in [0.1, 0.15) is 17.7 Å². The lowest BCUT2D eigenvalue weighted by Crippen LogP contribution is -2.24. The lowest BCUT2D eigenvalue weighted by Gasteiger charge is -2.31. The van der Waals surface area contributed by atoms with Crippen molar-refractivity contribution in [3.8, 4) is 5.75 Å². The minimum atomic E-state index is -0.318. The van der Waals surface area contributed by atoms with Gasteiger partial charge in [-0.15, -0.1) is 0 Å². The Kier molecular flexibility index (Phi) is 3.59. The van der Waals surface area contributed by atoms with E-state index in [1.54, 1.807) is 24.3 Å². The fraction of sp³-hybridized carbons (Fsp3) is 0.200. The van der Waals surface area contributed by atoms with Gasteiger partial charge in [0.05, 0.1) is 0 Å². The summed E-state index contributed by atoms with van der Waals surface area (Å²) < 4.78 is 19.1. The van der Waals surface area contributed by atoms with E-state index in [4.69, 9.17) is 33.7 Å². The summed E-state index contributed by atoms with van der Waals surface area (Å²) in [4.78, 5) is 0. The molecule has 1 heterocycles. The van der Waals surface area contributed by atoms with Gasteiger partial charge < -0.3 is 10.5 Å². The van der Waals surface area contributed by atoms with Crippen LogP contribution in [0.25, 0.3) is 0 Å². The average Bonchev–Trinajstić information content (AvgIpc) is 2.42. The van der Waals surface area contributed by atoms with Crippen LogP contribution in [0.4, 0.5) is 4.39 Å². The molecule has 1 aliphatic rings. The molecule has 0 aromatic heterocycles. The zero-order valence-corrected chi connectivity index (χ0v) is 12.0. The summed E-state index contributed by atoms with van der Waals surface area (Å²) in [5.41, 5.74) is 7.58. The molecule has 0 bridgehead atoms. The highest BCUT2D eigenvalue weighted by Crippen LogP contribution is 2.42. The van der Waals surface area contributed by atoms with Crippen LogP contribution in [0.15, 0.2) is 36.4 Å². The predicted molar refractivity (Wildman–Crippen MR) is 77.8 cm³/mol. The summed E-state index contributed by atoms with van der Waals surface area (Å²) in [6.07, 6.45) is 0.241. The van der Waals surface area contributed by atoms with Crippen molar-refractivity contribution in [2.75, 3.05) is 0 Å². The van der Waals surface area contributed by atoms with E-state index in [0.717, 1.165) is 5.56 Å². The molecule has 2 N–H and O–H groups in total. The quantitative estimate of drug-likeness (QED) is 0.831. The van der Waals surface area contributed by atoms with Crippen LogP contribution in [0.3, 0.4) is 0 Å². The second-order valence-electron chi connectivity index (χ2n) is 4.80. The van der Waals surface area contributed by atoms with Gasteiger partial charge in [-0.1, -0.05) is 23.2 Å². The number of fused-ring (bicyclic) bond motifs is 1. The Morgan fingerprint density at radius 2 is 1.90 bits per heavy atom. The molecule has 20 heavy (non-hydrogen) atoms. The van der Waals surface area contributed by atoms with Crippen molar-refractivity contribution >= 4 is 23.2 Å². The second-order valence-corrected chi connectivity index (χ2v) is 5.64. The minimum Gasteiger partial charge on any atom is -0.485 e. The molecule has 0 aliphatic carbocycles. The zero-order chi connectivity index (χ0) is 14.3. The minimum absolute atomic E-state index is 0.283. The molecule has 2 aromatic rings. The molecular formula is C15H12Cl2FNO. The van der Waals surface area contributed by atoms with Crippen molar-refractivity contribution in [1.29, 1.82) is 0 Å². The van der Waals surface area contributed by atoms with Gasteiger partial charge in [-0.2, -0.15) is 0 Å². The van der Waals surface area contributed by atoms with E-state index in [1.807, 2.05) is 0 Å². The SMILES string of the molecule is NC1CC(c2cc(Cl)ccc2Cl)Oc2ccc(F)cc21. The highest BCUT2D eigenvalue weighted by Gasteiger charge is 2.28. The largest absolute Gasteiger partial charge is 0.485 e. The number of hydrogen-bond acceptors (Lipinski definition) is 2. The number of rotatable bonds is 1. The Balaban J connectivity index is 1.99. The third-order valence-corrected chi connectivity index (χ3v) is 3.99. The standard InChI is InChI=1S/C15H12Cl2FNO/c16-8-1-3-12(17)10(5-8)15-7-13(19)11-6-9(18)2-4-14(11)20-15/h1-6,13,15H,7,19H2. The van der Waals surface area contributed by atoms with Gasteiger partial charge in [-0.05, 0) is 36.4 Å². The molecule has 0 saturated heterocycles. The lowest BCUT2D eigenvalue weighted by molar-refractivity contribution is 0.161. The number of benzene rings is 2. The van der Waals surface area contributed by atoms with E-state index < -0.39 is 0 Å². The second kappa shape index (κ2) is 5.24. The predicted octanol–water partition coefficient (Wildman–Crippen LogP) is 4.66. The van der Waals surface area contributed by atoms with Gasteiger partial charge in [0.25, 0.3) is 0 Å². The van der Waals surface area contributed by atoms with Crippen molar-refractivity contribution in [2.24, 2.45) is 5.73 Å². The van der Waals surface area contributed by atoms with Gasteiger partial charge in [0.2, 0.25) is 0 Å². The van der Waals surface area contributed by atoms with Crippen LogP contribution in [0.2, 0.25) is 10.0 Å². The number of hydrogen-bond donors (Lipinski definition) is 1. The summed E-state index contributed by atoms with van der Waals surface area (Å²) >= 11 is 12.2. The Labute approximate surface area is 126 Å². The van der Waals surface area contributed by atoms with Gasteiger partial charge in [0.15, 0.2) is 0 Å². The van der Waals surface area contributed by atoms with E-state index in [0.29, 0.717) is 27.8 Å². The smallest absolute Gasteiger partial charge is 0.127 e. The number of halogens is 3. The fourth-order valence-electron chi connectivity index (χ4n) is 2.43. The van der Waals surface area contributed by atoms with E-state index in [1.165, 1.54) is 12.1 Å². The Morgan fingerprint density at radius 1 is 1.10 bits per heavy atom. The average molecular weight is 312 g/mol. The molecule has 2 aromatic carbocycles. The monoisotopic (exact) mass is 311 g/mol. The van der Waals surface area contributed by atoms with Crippen LogP contribution in [0, 0.1) is 5.82 Å². The van der Waals surface area contributed by atoms with Crippen molar-refractivity contribution in [1.82, 2.24) is 0 Å². The molecule has 2 nitrogen and oxygen atoms in total. The molecule has 0 amide bonds. The fourth-order valence-corrected chi connectivity index (χ4v) is 2.85. The van der Waals surface area contributed by atoms with Crippen LogP contribution in [0.1, 0.15) is 29.7 Å². The first-order valence-electron chi connectivity index (χ1n) is 6.21. The molecular weight excluding hydrogens is 300 g/mol. The molecule has 1 aliphatic heterocycles. The van der Waals surface area contributed by atoms with Gasteiger partial charge in [0, 0.05) is 33.6 Å². The Morgan fingerprint density at radius 3 is 2.70 bits per heavy atom. The third-order valence-electron chi connectivity index (χ3n) is 3.41. The topological polar surface area (TPSA) is 35.2 Å². The summed E-state index contributed by atoms with van der Waals surface area (Å²) in [6, 6.07) is 9.29. The first-order valence-corrected chi connectivity index (χ1v) is 6.97. The van der Waals surface area contributed by atoms with Crippen LogP contribution in [-0.2, 0) is 0 Å². The molecule has 5 heteroatoms. The Bertz CT molecular complexity index is 662. The molecule has 0 radical (unpaired) electrons. The van der Waals surface area contributed by atoms with E-state index >= 15 is 0 Å². The highest BCUT2D eigenvalue weighted by atomic mass is 35.5. The first-order chi connectivity index (χ1) is 9.54. The van der Waals surface area contributed by atoms with Crippen LogP contribution < -0.4 is 10.5 Å². The van der Waals surface area contributed by atoms with Crippen molar-refractivity contribution in [2.45, 2.75) is 18.6 Å². The van der Waals surface area contributed by atoms with E-state index in [2.05, 4.69) is 0 Å². The van der Waals surface area contributed by atoms with Crippen LogP contribution in [-0.4, -0.2) is 0 Å². The van der Waals surface area contributed by atoms with E-state index in [9.17, 15) is 4.39 Å². The molecule has 0 fully saturated rings. The summed E-state index contributed by atoms with van der Waals surface area (Å²) in [5, 5.41) is 1.17. The third kappa shape index (κ3) is 2.49. The van der Waals surface area contributed by atoms with Gasteiger partial charge in [-0.25, -0.2) is 4.39 Å². The molecule has 0 saturated carbocycles. The lowest BCUT2D eigenvalue weighted by atomic mass is 9.93. The van der Waals surface area contributed by atoms with Crippen LogP contribution in [0.5, 0.6) is 5.75 Å². The maximum atomic E-state index is 13.3. The summed E-state index contributed by atoms with van der Waals surface area (Å²) in [5.74, 6) is 0.272. The molecule has 104 valence electrons. The maximum absolute atomic E-state index is 13.3. The summed E-state index contributed by atoms with van der Waals surface area (Å²) in [6.45, 7) is 0. The molecule has 2 unspecified atom stereocenters. The Hall–Kier alpha value is -1.29. The molecule has 2 atom stereocenters. The van der Waals surface area contributed by atoms with Crippen molar-refractivity contribution < 1.29 is 9.13 Å². The summed E-state index contributed by atoms with van der Waals surface area (Å²) in [7, 11) is 0. The van der Waals surface area contributed by atoms with Gasteiger partial charge >= 0.3 is 0 Å². The zero-order valence-electron chi connectivity index (χ0n) is 10.4. The number of ether oxygens (including phenoxy) is 1. The molecule has 0 spiro atoms. The first kappa shape index (κ1) is 13.7. The normalized spacial score (nSPS) is 21.2.